The van der Waals surface area contributed by atoms with E-state index in [-0.39, 0.29) is 24.2 Å². The second-order valence-electron chi connectivity index (χ2n) is 3.29. The summed E-state index contributed by atoms with van der Waals surface area (Å²) >= 11 is 0. The minimum Gasteiger partial charge on any atom is -0.379 e. The van der Waals surface area contributed by atoms with E-state index in [4.69, 9.17) is 9.94 Å². The monoisotopic (exact) mass is 224 g/mol. The maximum atomic E-state index is 11.0. The number of morpholine rings is 1. The van der Waals surface area contributed by atoms with Crippen molar-refractivity contribution in [3.8, 4) is 0 Å². The van der Waals surface area contributed by atoms with Gasteiger partial charge in [0.2, 0.25) is 5.91 Å². The van der Waals surface area contributed by atoms with E-state index in [0.29, 0.717) is 6.54 Å². The summed E-state index contributed by atoms with van der Waals surface area (Å²) in [6.07, 6.45) is 0. The minimum absolute atomic E-state index is 0. The highest BCUT2D eigenvalue weighted by Crippen LogP contribution is 2.02. The summed E-state index contributed by atoms with van der Waals surface area (Å²) in [6.45, 7) is 5.66. The normalized spacial score (nSPS) is 19.6. The highest BCUT2D eigenvalue weighted by Gasteiger charge is 2.18. The number of hydrogen-bond acceptors (Lipinski definition) is 4. The predicted octanol–water partition coefficient (Wildman–Crippen LogP) is -0.118. The number of hydrogen-bond donors (Lipinski definition) is 2. The van der Waals surface area contributed by atoms with Crippen molar-refractivity contribution in [2.75, 3.05) is 32.8 Å². The van der Waals surface area contributed by atoms with Gasteiger partial charge in [-0.15, -0.1) is 12.4 Å². The van der Waals surface area contributed by atoms with Crippen LogP contribution < -0.4 is 5.48 Å². The van der Waals surface area contributed by atoms with E-state index in [0.717, 1.165) is 26.3 Å². The van der Waals surface area contributed by atoms with Crippen LogP contribution >= 0.6 is 12.4 Å². The number of rotatable bonds is 3. The first-order valence-electron chi connectivity index (χ1n) is 4.48. The first-order chi connectivity index (χ1) is 6.24. The van der Waals surface area contributed by atoms with E-state index in [1.165, 1.54) is 0 Å². The first-order valence-corrected chi connectivity index (χ1v) is 4.48. The molecule has 6 heteroatoms. The molecule has 5 nitrogen and oxygen atoms in total. The first kappa shape index (κ1) is 13.6. The van der Waals surface area contributed by atoms with Crippen molar-refractivity contribution < 1.29 is 14.7 Å². The van der Waals surface area contributed by atoms with Crippen molar-refractivity contribution in [1.29, 1.82) is 0 Å². The Hall–Kier alpha value is -0.360. The Kier molecular flexibility index (Phi) is 6.82. The molecule has 1 atom stereocenters. The summed E-state index contributed by atoms with van der Waals surface area (Å²) in [5.74, 6) is -0.505. The van der Waals surface area contributed by atoms with Crippen molar-refractivity contribution in [3.63, 3.8) is 0 Å². The van der Waals surface area contributed by atoms with Crippen LogP contribution in [0.4, 0.5) is 0 Å². The highest BCUT2D eigenvalue weighted by molar-refractivity contribution is 5.85. The lowest BCUT2D eigenvalue weighted by atomic mass is 10.1. The lowest BCUT2D eigenvalue weighted by Gasteiger charge is -2.28. The number of halogens is 1. The molecule has 0 radical (unpaired) electrons. The van der Waals surface area contributed by atoms with E-state index in [2.05, 4.69) is 4.90 Å². The lowest BCUT2D eigenvalue weighted by molar-refractivity contribution is -0.133. The molecule has 1 aliphatic rings. The summed E-state index contributed by atoms with van der Waals surface area (Å²) in [6, 6.07) is 0. The Morgan fingerprint density at radius 3 is 2.64 bits per heavy atom. The zero-order valence-corrected chi connectivity index (χ0v) is 9.05. The molecule has 1 saturated heterocycles. The Labute approximate surface area is 89.8 Å². The van der Waals surface area contributed by atoms with Crippen LogP contribution in [-0.2, 0) is 9.53 Å². The number of carbonyl (C=O) groups is 1. The molecule has 1 amide bonds. The molecule has 1 aliphatic heterocycles. The van der Waals surface area contributed by atoms with Crippen molar-refractivity contribution in [2.45, 2.75) is 6.92 Å². The molecule has 0 aliphatic carbocycles. The summed E-state index contributed by atoms with van der Waals surface area (Å²) < 4.78 is 5.18. The van der Waals surface area contributed by atoms with Gasteiger partial charge in [-0.1, -0.05) is 6.92 Å². The van der Waals surface area contributed by atoms with E-state index < -0.39 is 0 Å². The van der Waals surface area contributed by atoms with Gasteiger partial charge in [-0.3, -0.25) is 14.9 Å². The largest absolute Gasteiger partial charge is 0.379 e. The number of ether oxygens (including phenoxy) is 1. The fraction of sp³-hybridized carbons (Fsp3) is 0.875. The Bertz CT molecular complexity index is 174. The van der Waals surface area contributed by atoms with Gasteiger partial charge in [0, 0.05) is 25.6 Å². The van der Waals surface area contributed by atoms with Crippen LogP contribution in [0.1, 0.15) is 6.92 Å². The molecule has 14 heavy (non-hydrogen) atoms. The lowest BCUT2D eigenvalue weighted by Crippen LogP contribution is -2.42. The van der Waals surface area contributed by atoms with Gasteiger partial charge in [-0.25, -0.2) is 5.48 Å². The number of nitrogens with one attached hydrogen (secondary N) is 1. The molecule has 0 bridgehead atoms. The third-order valence-electron chi connectivity index (χ3n) is 2.19. The Morgan fingerprint density at radius 2 is 2.14 bits per heavy atom. The number of amides is 1. The molecule has 0 aromatic rings. The second kappa shape index (κ2) is 7.00. The number of carbonyl (C=O) groups excluding carboxylic acids is 1. The Balaban J connectivity index is 0.00000169. The zero-order chi connectivity index (χ0) is 9.68. The van der Waals surface area contributed by atoms with Gasteiger partial charge >= 0.3 is 0 Å². The maximum Gasteiger partial charge on any atom is 0.247 e. The van der Waals surface area contributed by atoms with Crippen molar-refractivity contribution >= 4 is 18.3 Å². The maximum absolute atomic E-state index is 11.0. The van der Waals surface area contributed by atoms with Crippen LogP contribution in [0.5, 0.6) is 0 Å². The van der Waals surface area contributed by atoms with E-state index in [1.54, 1.807) is 12.4 Å². The second-order valence-corrected chi connectivity index (χ2v) is 3.29. The van der Waals surface area contributed by atoms with Crippen molar-refractivity contribution in [3.05, 3.63) is 0 Å². The van der Waals surface area contributed by atoms with Gasteiger partial charge in [-0.05, 0) is 0 Å². The molecule has 0 aromatic heterocycles. The summed E-state index contributed by atoms with van der Waals surface area (Å²) in [5.41, 5.74) is 1.66. The van der Waals surface area contributed by atoms with E-state index in [9.17, 15) is 4.79 Å². The fourth-order valence-corrected chi connectivity index (χ4v) is 1.36. The summed E-state index contributed by atoms with van der Waals surface area (Å²) in [7, 11) is 0. The van der Waals surface area contributed by atoms with Crippen LogP contribution in [0.15, 0.2) is 0 Å². The smallest absolute Gasteiger partial charge is 0.247 e. The number of nitrogens with zero attached hydrogens (tertiary/aromatic N) is 1. The van der Waals surface area contributed by atoms with Crippen molar-refractivity contribution in [1.82, 2.24) is 10.4 Å². The topological polar surface area (TPSA) is 61.8 Å². The molecule has 1 heterocycles. The molecule has 84 valence electrons. The van der Waals surface area contributed by atoms with Gasteiger partial charge in [0.05, 0.1) is 13.2 Å². The molecular formula is C8H17ClN2O3. The quantitative estimate of drug-likeness (QED) is 0.519. The minimum atomic E-state index is -0.327. The molecular weight excluding hydrogens is 208 g/mol. The molecule has 0 spiro atoms. The molecule has 1 rings (SSSR count). The number of hydroxylamine groups is 1. The van der Waals surface area contributed by atoms with Crippen LogP contribution in [0.25, 0.3) is 0 Å². The summed E-state index contributed by atoms with van der Waals surface area (Å²) in [5, 5.41) is 8.39. The molecule has 2 N–H and O–H groups in total. The highest BCUT2D eigenvalue weighted by atomic mass is 35.5. The molecule has 1 fully saturated rings. The average molecular weight is 225 g/mol. The fourth-order valence-electron chi connectivity index (χ4n) is 1.36. The van der Waals surface area contributed by atoms with E-state index >= 15 is 0 Å². The standard InChI is InChI=1S/C8H16N2O3.ClH/c1-7(8(11)9-12)6-10-2-4-13-5-3-10;/h7,12H,2-6H2,1H3,(H,9,11);1H. The van der Waals surface area contributed by atoms with Gasteiger partial charge in [0.25, 0.3) is 0 Å². The van der Waals surface area contributed by atoms with Crippen LogP contribution in [0.2, 0.25) is 0 Å². The Morgan fingerprint density at radius 1 is 1.57 bits per heavy atom. The van der Waals surface area contributed by atoms with Crippen LogP contribution in [0, 0.1) is 5.92 Å². The van der Waals surface area contributed by atoms with Crippen LogP contribution in [-0.4, -0.2) is 48.9 Å². The van der Waals surface area contributed by atoms with Gasteiger partial charge in [-0.2, -0.15) is 0 Å². The predicted molar refractivity (Wildman–Crippen MR) is 53.6 cm³/mol. The van der Waals surface area contributed by atoms with Gasteiger partial charge in [0.1, 0.15) is 0 Å². The van der Waals surface area contributed by atoms with E-state index in [1.807, 2.05) is 0 Å². The third kappa shape index (κ3) is 4.23. The molecule has 0 aromatic carbocycles. The SMILES string of the molecule is CC(CN1CCOCC1)C(=O)NO.Cl. The third-order valence-corrected chi connectivity index (χ3v) is 2.19. The average Bonchev–Trinajstić information content (AvgIpc) is 2.18. The van der Waals surface area contributed by atoms with Gasteiger partial charge in [0.15, 0.2) is 0 Å². The molecule has 1 unspecified atom stereocenters. The molecule has 0 saturated carbocycles. The summed E-state index contributed by atoms with van der Waals surface area (Å²) in [4.78, 5) is 13.1. The van der Waals surface area contributed by atoms with Crippen molar-refractivity contribution in [2.24, 2.45) is 5.92 Å². The van der Waals surface area contributed by atoms with Crippen LogP contribution in [0.3, 0.4) is 0 Å². The van der Waals surface area contributed by atoms with Gasteiger partial charge < -0.3 is 4.74 Å². The zero-order valence-electron chi connectivity index (χ0n) is 8.23.